The molecular formula is C27H25FN4O3. The molecule has 0 bridgehead atoms. The van der Waals surface area contributed by atoms with Crippen LogP contribution in [0.4, 0.5) is 4.39 Å². The van der Waals surface area contributed by atoms with Crippen LogP contribution in [0.3, 0.4) is 0 Å². The maximum absolute atomic E-state index is 13.5. The summed E-state index contributed by atoms with van der Waals surface area (Å²) < 4.78 is 20.5. The van der Waals surface area contributed by atoms with Crippen LogP contribution in [0.2, 0.25) is 0 Å². The van der Waals surface area contributed by atoms with Gasteiger partial charge >= 0.3 is 0 Å². The Labute approximate surface area is 202 Å². The fourth-order valence-electron chi connectivity index (χ4n) is 4.36. The molecule has 35 heavy (non-hydrogen) atoms. The van der Waals surface area contributed by atoms with Crippen LogP contribution in [0.5, 0.6) is 0 Å². The van der Waals surface area contributed by atoms with Crippen molar-refractivity contribution >= 4 is 11.8 Å². The van der Waals surface area contributed by atoms with Gasteiger partial charge in [0.2, 0.25) is 5.91 Å². The van der Waals surface area contributed by atoms with Gasteiger partial charge in [-0.1, -0.05) is 18.2 Å². The molecule has 2 aromatic carbocycles. The zero-order valence-corrected chi connectivity index (χ0v) is 19.1. The lowest BCUT2D eigenvalue weighted by Gasteiger charge is -2.31. The molecule has 3 heterocycles. The minimum absolute atomic E-state index is 0.112. The van der Waals surface area contributed by atoms with Crippen molar-refractivity contribution in [2.24, 2.45) is 5.92 Å². The number of hydrogen-bond donors (Lipinski definition) is 1. The number of hydrogen-bond acceptors (Lipinski definition) is 4. The first-order chi connectivity index (χ1) is 17.1. The average Bonchev–Trinajstić information content (AvgIpc) is 3.59. The number of amides is 2. The molecule has 2 aromatic heterocycles. The van der Waals surface area contributed by atoms with E-state index < -0.39 is 0 Å². The summed E-state index contributed by atoms with van der Waals surface area (Å²) in [6, 6.07) is 19.1. The Hall–Kier alpha value is -4.20. The third-order valence-electron chi connectivity index (χ3n) is 6.19. The van der Waals surface area contributed by atoms with Crippen molar-refractivity contribution in [2.75, 3.05) is 13.1 Å². The normalized spacial score (nSPS) is 15.7. The van der Waals surface area contributed by atoms with E-state index in [9.17, 15) is 14.0 Å². The number of piperidine rings is 1. The Morgan fingerprint density at radius 1 is 1.06 bits per heavy atom. The van der Waals surface area contributed by atoms with E-state index in [1.807, 2.05) is 36.5 Å². The Morgan fingerprint density at radius 2 is 1.86 bits per heavy atom. The first kappa shape index (κ1) is 22.6. The number of furan rings is 1. The maximum atomic E-state index is 13.5. The summed E-state index contributed by atoms with van der Waals surface area (Å²) in [4.78, 5) is 27.4. The zero-order chi connectivity index (χ0) is 24.2. The van der Waals surface area contributed by atoms with Gasteiger partial charge in [0.15, 0.2) is 5.76 Å². The topological polar surface area (TPSA) is 80.4 Å². The van der Waals surface area contributed by atoms with Crippen molar-refractivity contribution in [3.63, 3.8) is 0 Å². The molecule has 1 N–H and O–H groups in total. The van der Waals surface area contributed by atoms with Crippen LogP contribution in [0.15, 0.2) is 83.6 Å². The van der Waals surface area contributed by atoms with Gasteiger partial charge in [-0.3, -0.25) is 9.59 Å². The van der Waals surface area contributed by atoms with Crippen LogP contribution in [-0.4, -0.2) is 39.6 Å². The third kappa shape index (κ3) is 5.01. The highest BCUT2D eigenvalue weighted by atomic mass is 19.1. The fraction of sp³-hybridized carbons (Fsp3) is 0.222. The van der Waals surface area contributed by atoms with E-state index in [-0.39, 0.29) is 35.9 Å². The average molecular weight is 473 g/mol. The molecule has 1 atom stereocenters. The highest BCUT2D eigenvalue weighted by Gasteiger charge is 2.30. The molecule has 5 rings (SSSR count). The Kier molecular flexibility index (Phi) is 6.43. The second-order valence-electron chi connectivity index (χ2n) is 8.58. The highest BCUT2D eigenvalue weighted by molar-refractivity contribution is 5.92. The summed E-state index contributed by atoms with van der Waals surface area (Å²) in [7, 11) is 0. The minimum atomic E-state index is -0.322. The number of nitrogens with zero attached hydrogens (tertiary/aromatic N) is 3. The van der Waals surface area contributed by atoms with Gasteiger partial charge in [0.05, 0.1) is 23.6 Å². The smallest absolute Gasteiger partial charge is 0.289 e. The largest absolute Gasteiger partial charge is 0.459 e. The van der Waals surface area contributed by atoms with Gasteiger partial charge in [-0.2, -0.15) is 5.10 Å². The number of carbonyl (C=O) groups is 2. The SMILES string of the molecule is O=C(NCc1cn(-c2ccccc2)nc1-c1ccc(F)cc1)C1CCCN(C(=O)c2ccco2)C1. The van der Waals surface area contributed by atoms with Crippen molar-refractivity contribution < 1.29 is 18.4 Å². The van der Waals surface area contributed by atoms with Gasteiger partial charge < -0.3 is 14.6 Å². The molecule has 1 saturated heterocycles. The van der Waals surface area contributed by atoms with E-state index in [0.717, 1.165) is 23.2 Å². The third-order valence-corrected chi connectivity index (χ3v) is 6.19. The van der Waals surface area contributed by atoms with Crippen LogP contribution < -0.4 is 5.32 Å². The Morgan fingerprint density at radius 3 is 2.60 bits per heavy atom. The van der Waals surface area contributed by atoms with Crippen molar-refractivity contribution in [1.82, 2.24) is 20.0 Å². The predicted molar refractivity (Wildman–Crippen MR) is 128 cm³/mol. The molecule has 1 fully saturated rings. The van der Waals surface area contributed by atoms with Crippen molar-refractivity contribution in [3.8, 4) is 16.9 Å². The van der Waals surface area contributed by atoms with Crippen molar-refractivity contribution in [1.29, 1.82) is 0 Å². The highest BCUT2D eigenvalue weighted by Crippen LogP contribution is 2.25. The van der Waals surface area contributed by atoms with Gasteiger partial charge in [0.1, 0.15) is 5.82 Å². The standard InChI is InChI=1S/C27H25FN4O3/c28-22-12-10-19(11-13-22)25-21(18-32(30-25)23-7-2-1-3-8-23)16-29-26(33)20-6-4-14-31(17-20)27(34)24-9-5-15-35-24/h1-3,5,7-13,15,18,20H,4,6,14,16-17H2,(H,29,33). The van der Waals surface area contributed by atoms with Gasteiger partial charge in [-0.25, -0.2) is 9.07 Å². The number of likely N-dealkylation sites (tertiary alicyclic amines) is 1. The van der Waals surface area contributed by atoms with E-state index in [1.54, 1.807) is 33.8 Å². The maximum Gasteiger partial charge on any atom is 0.289 e. The molecule has 8 heteroatoms. The molecule has 0 saturated carbocycles. The summed E-state index contributed by atoms with van der Waals surface area (Å²) >= 11 is 0. The molecule has 1 aliphatic rings. The second-order valence-corrected chi connectivity index (χ2v) is 8.58. The fourth-order valence-corrected chi connectivity index (χ4v) is 4.36. The monoisotopic (exact) mass is 472 g/mol. The summed E-state index contributed by atoms with van der Waals surface area (Å²) in [5.74, 6) is -0.656. The molecule has 178 valence electrons. The van der Waals surface area contributed by atoms with E-state index in [2.05, 4.69) is 5.32 Å². The first-order valence-corrected chi connectivity index (χ1v) is 11.6. The Bertz CT molecular complexity index is 1300. The van der Waals surface area contributed by atoms with E-state index >= 15 is 0 Å². The van der Waals surface area contributed by atoms with Crippen LogP contribution in [-0.2, 0) is 11.3 Å². The van der Waals surface area contributed by atoms with Crippen molar-refractivity contribution in [2.45, 2.75) is 19.4 Å². The van der Waals surface area contributed by atoms with E-state index in [1.165, 1.54) is 18.4 Å². The van der Waals surface area contributed by atoms with Crippen LogP contribution >= 0.6 is 0 Å². The van der Waals surface area contributed by atoms with Crippen LogP contribution in [0, 0.1) is 11.7 Å². The lowest BCUT2D eigenvalue weighted by atomic mass is 9.96. The lowest BCUT2D eigenvalue weighted by molar-refractivity contribution is -0.126. The van der Waals surface area contributed by atoms with E-state index in [0.29, 0.717) is 25.2 Å². The number of benzene rings is 2. The summed E-state index contributed by atoms with van der Waals surface area (Å²) in [5, 5.41) is 7.74. The molecule has 1 aliphatic heterocycles. The number of aromatic nitrogens is 2. The summed E-state index contributed by atoms with van der Waals surface area (Å²) in [5.41, 5.74) is 3.13. The molecule has 0 radical (unpaired) electrons. The van der Waals surface area contributed by atoms with Crippen LogP contribution in [0.25, 0.3) is 16.9 Å². The summed E-state index contributed by atoms with van der Waals surface area (Å²) in [6.45, 7) is 1.21. The number of para-hydroxylation sites is 1. The van der Waals surface area contributed by atoms with Gasteiger partial charge in [0, 0.05) is 37.0 Å². The number of rotatable bonds is 6. The van der Waals surface area contributed by atoms with Gasteiger partial charge in [0.25, 0.3) is 5.91 Å². The second kappa shape index (κ2) is 9.97. The van der Waals surface area contributed by atoms with Crippen LogP contribution in [0.1, 0.15) is 29.0 Å². The predicted octanol–water partition coefficient (Wildman–Crippen LogP) is 4.44. The first-order valence-electron chi connectivity index (χ1n) is 11.6. The number of carbonyl (C=O) groups excluding carboxylic acids is 2. The van der Waals surface area contributed by atoms with Gasteiger partial charge in [-0.15, -0.1) is 0 Å². The molecule has 4 aromatic rings. The minimum Gasteiger partial charge on any atom is -0.459 e. The van der Waals surface area contributed by atoms with Gasteiger partial charge in [-0.05, 0) is 61.4 Å². The molecule has 2 amide bonds. The zero-order valence-electron chi connectivity index (χ0n) is 19.1. The molecule has 0 aliphatic carbocycles. The summed E-state index contributed by atoms with van der Waals surface area (Å²) in [6.07, 6.45) is 4.80. The number of halogens is 1. The molecular weight excluding hydrogens is 447 g/mol. The number of nitrogens with one attached hydrogen (secondary N) is 1. The van der Waals surface area contributed by atoms with Crippen molar-refractivity contribution in [3.05, 3.63) is 96.3 Å². The van der Waals surface area contributed by atoms with E-state index in [4.69, 9.17) is 9.52 Å². The molecule has 0 spiro atoms. The lowest BCUT2D eigenvalue weighted by Crippen LogP contribution is -2.45. The Balaban J connectivity index is 1.32. The quantitative estimate of drug-likeness (QED) is 0.450. The molecule has 1 unspecified atom stereocenters. The molecule has 7 nitrogen and oxygen atoms in total.